The highest BCUT2D eigenvalue weighted by Crippen LogP contribution is 2.33. The second-order valence-electron chi connectivity index (χ2n) is 4.47. The molecule has 0 amide bonds. The van der Waals surface area contributed by atoms with E-state index in [4.69, 9.17) is 9.47 Å². The second kappa shape index (κ2) is 8.00. The van der Waals surface area contributed by atoms with Crippen molar-refractivity contribution in [1.29, 1.82) is 0 Å². The van der Waals surface area contributed by atoms with Gasteiger partial charge in [0, 0.05) is 0 Å². The summed E-state index contributed by atoms with van der Waals surface area (Å²) >= 11 is 4.36. The average molecular weight is 524 g/mol. The van der Waals surface area contributed by atoms with E-state index in [9.17, 15) is 9.90 Å². The molecule has 22 heavy (non-hydrogen) atoms. The highest BCUT2D eigenvalue weighted by Gasteiger charge is 2.12. The molecule has 116 valence electrons. The summed E-state index contributed by atoms with van der Waals surface area (Å²) in [5.41, 5.74) is 0.894. The minimum absolute atomic E-state index is 0.196. The molecule has 4 nitrogen and oxygen atoms in total. The van der Waals surface area contributed by atoms with Gasteiger partial charge in [-0.3, -0.25) is 4.79 Å². The van der Waals surface area contributed by atoms with Gasteiger partial charge in [0.05, 0.1) is 20.2 Å². The van der Waals surface area contributed by atoms with Gasteiger partial charge in [0.15, 0.2) is 5.75 Å². The fraction of sp³-hybridized carbons (Fsp3) is 0.188. The summed E-state index contributed by atoms with van der Waals surface area (Å²) in [5.74, 6) is 1.34. The molecule has 0 atom stereocenters. The van der Waals surface area contributed by atoms with Crippen LogP contribution in [0.3, 0.4) is 0 Å². The smallest absolute Gasteiger partial charge is 0.310 e. The first-order chi connectivity index (χ1) is 10.5. The van der Waals surface area contributed by atoms with Gasteiger partial charge < -0.3 is 14.6 Å². The van der Waals surface area contributed by atoms with Crippen molar-refractivity contribution >= 4 is 51.2 Å². The number of carbonyl (C=O) groups excluding carboxylic acids is 1. The average Bonchev–Trinajstić information content (AvgIpc) is 2.45. The first kappa shape index (κ1) is 17.3. The van der Waals surface area contributed by atoms with Gasteiger partial charge in [-0.1, -0.05) is 0 Å². The van der Waals surface area contributed by atoms with Gasteiger partial charge >= 0.3 is 5.97 Å². The number of ether oxygens (including phenoxy) is 2. The van der Waals surface area contributed by atoms with Crippen molar-refractivity contribution in [3.8, 4) is 17.2 Å². The van der Waals surface area contributed by atoms with E-state index in [-0.39, 0.29) is 18.1 Å². The van der Waals surface area contributed by atoms with Crippen molar-refractivity contribution < 1.29 is 19.4 Å². The third-order valence-electron chi connectivity index (χ3n) is 2.77. The molecule has 1 N–H and O–H groups in total. The summed E-state index contributed by atoms with van der Waals surface area (Å²) in [6.45, 7) is 2.18. The largest absolute Gasteiger partial charge is 0.508 e. The predicted molar refractivity (Wildman–Crippen MR) is 100 cm³/mol. The molecule has 2 rings (SSSR count). The Morgan fingerprint density at radius 3 is 2.27 bits per heavy atom. The minimum atomic E-state index is -0.235. The van der Waals surface area contributed by atoms with Crippen LogP contribution in [0.1, 0.15) is 12.5 Å². The van der Waals surface area contributed by atoms with Crippen LogP contribution >= 0.6 is 45.2 Å². The molecule has 6 heteroatoms. The number of phenolic OH excluding ortho intramolecular Hbond substituents is 1. The molecule has 0 saturated carbocycles. The van der Waals surface area contributed by atoms with Gasteiger partial charge in [0.25, 0.3) is 0 Å². The Morgan fingerprint density at radius 1 is 1.14 bits per heavy atom. The van der Waals surface area contributed by atoms with Crippen LogP contribution in [0.2, 0.25) is 0 Å². The Kier molecular flexibility index (Phi) is 6.30. The maximum absolute atomic E-state index is 11.6. The van der Waals surface area contributed by atoms with Crippen LogP contribution < -0.4 is 4.74 Å². The number of phenols is 1. The molecule has 0 aliphatic heterocycles. The zero-order chi connectivity index (χ0) is 16.1. The quantitative estimate of drug-likeness (QED) is 0.463. The zero-order valence-corrected chi connectivity index (χ0v) is 16.1. The molecule has 0 saturated heterocycles. The number of aromatic hydroxyl groups is 1. The van der Waals surface area contributed by atoms with Crippen molar-refractivity contribution in [2.45, 2.75) is 13.3 Å². The molecule has 0 unspecified atom stereocenters. The third kappa shape index (κ3) is 4.73. The third-order valence-corrected chi connectivity index (χ3v) is 4.37. The topological polar surface area (TPSA) is 55.8 Å². The summed E-state index contributed by atoms with van der Waals surface area (Å²) in [7, 11) is 0. The molecule has 0 bridgehead atoms. The summed E-state index contributed by atoms with van der Waals surface area (Å²) in [4.78, 5) is 11.6. The van der Waals surface area contributed by atoms with Gasteiger partial charge in [0.2, 0.25) is 0 Å². The lowest BCUT2D eigenvalue weighted by atomic mass is 10.1. The number of rotatable bonds is 5. The van der Waals surface area contributed by atoms with Crippen LogP contribution in [0.15, 0.2) is 36.4 Å². The number of benzene rings is 2. The molecular formula is C16H14I2O4. The van der Waals surface area contributed by atoms with Crippen LogP contribution in [-0.4, -0.2) is 17.7 Å². The summed E-state index contributed by atoms with van der Waals surface area (Å²) < 4.78 is 12.7. The molecule has 0 heterocycles. The van der Waals surface area contributed by atoms with E-state index < -0.39 is 0 Å². The Hall–Kier alpha value is -1.03. The number of carbonyl (C=O) groups is 1. The SMILES string of the molecule is CCOC(=O)Cc1cc(I)c(Oc2ccc(O)cc2)c(I)c1. The molecule has 2 aromatic carbocycles. The maximum atomic E-state index is 11.6. The Bertz CT molecular complexity index is 645. The predicted octanol–water partition coefficient (Wildman–Crippen LogP) is 4.50. The molecule has 0 aliphatic rings. The standard InChI is InChI=1S/C16H14I2O4/c1-2-21-15(20)9-10-7-13(17)16(14(18)8-10)22-12-5-3-11(19)4-6-12/h3-8,19H,2,9H2,1H3. The van der Waals surface area contributed by atoms with Crippen LogP contribution in [0.5, 0.6) is 17.2 Å². The fourth-order valence-corrected chi connectivity index (χ4v) is 3.94. The molecule has 0 spiro atoms. The van der Waals surface area contributed by atoms with E-state index in [2.05, 4.69) is 45.2 Å². The summed E-state index contributed by atoms with van der Waals surface area (Å²) in [5, 5.41) is 9.29. The summed E-state index contributed by atoms with van der Waals surface area (Å²) in [6.07, 6.45) is 0.249. The Labute approximate surface area is 156 Å². The van der Waals surface area contributed by atoms with E-state index in [1.54, 1.807) is 31.2 Å². The minimum Gasteiger partial charge on any atom is -0.508 e. The maximum Gasteiger partial charge on any atom is 0.310 e. The lowest BCUT2D eigenvalue weighted by Gasteiger charge is -2.12. The normalized spacial score (nSPS) is 10.3. The zero-order valence-electron chi connectivity index (χ0n) is 11.8. The first-order valence-corrected chi connectivity index (χ1v) is 8.75. The fourth-order valence-electron chi connectivity index (χ4n) is 1.82. The number of hydrogen-bond donors (Lipinski definition) is 1. The Balaban J connectivity index is 2.19. The van der Waals surface area contributed by atoms with Crippen LogP contribution in [0.25, 0.3) is 0 Å². The highest BCUT2D eigenvalue weighted by atomic mass is 127. The number of esters is 1. The van der Waals surface area contributed by atoms with Crippen molar-refractivity contribution in [3.05, 3.63) is 49.1 Å². The van der Waals surface area contributed by atoms with Crippen molar-refractivity contribution in [2.24, 2.45) is 0 Å². The van der Waals surface area contributed by atoms with Gasteiger partial charge in [-0.15, -0.1) is 0 Å². The Morgan fingerprint density at radius 2 is 1.73 bits per heavy atom. The second-order valence-corrected chi connectivity index (χ2v) is 6.79. The van der Waals surface area contributed by atoms with Crippen molar-refractivity contribution in [1.82, 2.24) is 0 Å². The monoisotopic (exact) mass is 524 g/mol. The van der Waals surface area contributed by atoms with Crippen LogP contribution in [0.4, 0.5) is 0 Å². The lowest BCUT2D eigenvalue weighted by molar-refractivity contribution is -0.142. The van der Waals surface area contributed by atoms with Crippen molar-refractivity contribution in [3.63, 3.8) is 0 Å². The van der Waals surface area contributed by atoms with Gasteiger partial charge in [0.1, 0.15) is 11.5 Å². The van der Waals surface area contributed by atoms with E-state index in [1.165, 1.54) is 0 Å². The first-order valence-electron chi connectivity index (χ1n) is 6.60. The van der Waals surface area contributed by atoms with Crippen LogP contribution in [0, 0.1) is 7.14 Å². The van der Waals surface area contributed by atoms with E-state index in [1.807, 2.05) is 12.1 Å². The van der Waals surface area contributed by atoms with E-state index in [0.717, 1.165) is 18.5 Å². The van der Waals surface area contributed by atoms with E-state index in [0.29, 0.717) is 12.4 Å². The van der Waals surface area contributed by atoms with Gasteiger partial charge in [-0.05, 0) is 94.1 Å². The lowest BCUT2D eigenvalue weighted by Crippen LogP contribution is -2.08. The van der Waals surface area contributed by atoms with Crippen LogP contribution in [-0.2, 0) is 16.0 Å². The van der Waals surface area contributed by atoms with E-state index >= 15 is 0 Å². The molecule has 2 aromatic rings. The number of hydrogen-bond acceptors (Lipinski definition) is 4. The number of halogens is 2. The molecule has 0 radical (unpaired) electrons. The molecular weight excluding hydrogens is 510 g/mol. The molecule has 0 aromatic heterocycles. The molecule has 0 fully saturated rings. The van der Waals surface area contributed by atoms with Crippen molar-refractivity contribution in [2.75, 3.05) is 6.61 Å². The molecule has 0 aliphatic carbocycles. The summed E-state index contributed by atoms with van der Waals surface area (Å²) in [6, 6.07) is 10.4. The van der Waals surface area contributed by atoms with Gasteiger partial charge in [-0.2, -0.15) is 0 Å². The van der Waals surface area contributed by atoms with Gasteiger partial charge in [-0.25, -0.2) is 0 Å². The highest BCUT2D eigenvalue weighted by molar-refractivity contribution is 14.1.